The average Bonchev–Trinajstić information content (AvgIpc) is 2.80. The average molecular weight is 231 g/mol. The molecule has 0 spiro atoms. The Balaban J connectivity index is 2.23. The molecule has 2 rings (SSSR count). The second-order valence-electron chi connectivity index (χ2n) is 3.86. The van der Waals surface area contributed by atoms with Gasteiger partial charge < -0.3 is 14.8 Å². The maximum absolute atomic E-state index is 11.2. The Kier molecular flexibility index (Phi) is 3.14. The lowest BCUT2D eigenvalue weighted by Gasteiger charge is -2.13. The van der Waals surface area contributed by atoms with Gasteiger partial charge in [-0.15, -0.1) is 0 Å². The smallest absolute Gasteiger partial charge is 0.312 e. The SMILES string of the molecule is O=C(O)C(Cn1cccc1)c1ccc(O)cc1. The second-order valence-corrected chi connectivity index (χ2v) is 3.86. The van der Waals surface area contributed by atoms with Crippen molar-refractivity contribution in [1.82, 2.24) is 4.57 Å². The fourth-order valence-corrected chi connectivity index (χ4v) is 1.74. The minimum absolute atomic E-state index is 0.138. The second kappa shape index (κ2) is 4.74. The van der Waals surface area contributed by atoms with Crippen LogP contribution in [0, 0.1) is 0 Å². The summed E-state index contributed by atoms with van der Waals surface area (Å²) < 4.78 is 1.83. The molecule has 0 aliphatic rings. The molecule has 0 saturated heterocycles. The zero-order valence-corrected chi connectivity index (χ0v) is 9.15. The fourth-order valence-electron chi connectivity index (χ4n) is 1.74. The highest BCUT2D eigenvalue weighted by atomic mass is 16.4. The first-order valence-electron chi connectivity index (χ1n) is 5.29. The number of aromatic nitrogens is 1. The topological polar surface area (TPSA) is 62.5 Å². The number of benzene rings is 1. The molecule has 2 N–H and O–H groups in total. The van der Waals surface area contributed by atoms with E-state index in [4.69, 9.17) is 0 Å². The molecule has 4 heteroatoms. The fraction of sp³-hybridized carbons (Fsp3) is 0.154. The van der Waals surface area contributed by atoms with E-state index in [1.807, 2.05) is 29.1 Å². The molecule has 17 heavy (non-hydrogen) atoms. The number of hydrogen-bond donors (Lipinski definition) is 2. The van der Waals surface area contributed by atoms with Gasteiger partial charge in [0.25, 0.3) is 0 Å². The number of hydrogen-bond acceptors (Lipinski definition) is 2. The minimum Gasteiger partial charge on any atom is -0.508 e. The molecule has 88 valence electrons. The van der Waals surface area contributed by atoms with E-state index in [-0.39, 0.29) is 5.75 Å². The first-order chi connectivity index (χ1) is 8.16. The van der Waals surface area contributed by atoms with Gasteiger partial charge in [0.15, 0.2) is 0 Å². The van der Waals surface area contributed by atoms with Gasteiger partial charge in [-0.05, 0) is 29.8 Å². The molecule has 0 aliphatic heterocycles. The summed E-state index contributed by atoms with van der Waals surface area (Å²) in [4.78, 5) is 11.2. The van der Waals surface area contributed by atoms with E-state index < -0.39 is 11.9 Å². The van der Waals surface area contributed by atoms with Crippen molar-refractivity contribution in [3.05, 3.63) is 54.4 Å². The van der Waals surface area contributed by atoms with E-state index in [1.54, 1.807) is 12.1 Å². The predicted octanol–water partition coefficient (Wildman–Crippen LogP) is 2.06. The summed E-state index contributed by atoms with van der Waals surface area (Å²) in [5, 5.41) is 18.4. The van der Waals surface area contributed by atoms with Gasteiger partial charge >= 0.3 is 5.97 Å². The number of carboxylic acids is 1. The summed E-state index contributed by atoms with van der Waals surface area (Å²) >= 11 is 0. The highest BCUT2D eigenvalue weighted by Crippen LogP contribution is 2.21. The highest BCUT2D eigenvalue weighted by Gasteiger charge is 2.19. The highest BCUT2D eigenvalue weighted by molar-refractivity contribution is 5.76. The standard InChI is InChI=1S/C13H13NO3/c15-11-5-3-10(4-6-11)12(13(16)17)9-14-7-1-2-8-14/h1-8,12,15H,9H2,(H,16,17). The summed E-state index contributed by atoms with van der Waals surface area (Å²) in [5.74, 6) is -1.34. The van der Waals surface area contributed by atoms with E-state index in [0.717, 1.165) is 0 Å². The Hall–Kier alpha value is -2.23. The maximum atomic E-state index is 11.2. The van der Waals surface area contributed by atoms with Gasteiger partial charge in [-0.2, -0.15) is 0 Å². The molecular weight excluding hydrogens is 218 g/mol. The normalized spacial score (nSPS) is 12.2. The Morgan fingerprint density at radius 3 is 2.29 bits per heavy atom. The quantitative estimate of drug-likeness (QED) is 0.846. The van der Waals surface area contributed by atoms with Crippen molar-refractivity contribution >= 4 is 5.97 Å². The summed E-state index contributed by atoms with van der Waals surface area (Å²) in [7, 11) is 0. The van der Waals surface area contributed by atoms with Gasteiger partial charge in [0, 0.05) is 18.9 Å². The molecule has 0 saturated carbocycles. The molecule has 1 aromatic carbocycles. The number of aliphatic carboxylic acids is 1. The lowest BCUT2D eigenvalue weighted by Crippen LogP contribution is -2.17. The van der Waals surface area contributed by atoms with Crippen LogP contribution in [0.4, 0.5) is 0 Å². The van der Waals surface area contributed by atoms with Crippen molar-refractivity contribution < 1.29 is 15.0 Å². The summed E-state index contributed by atoms with van der Waals surface area (Å²) in [5.41, 5.74) is 0.684. The Morgan fingerprint density at radius 1 is 1.18 bits per heavy atom. The van der Waals surface area contributed by atoms with Crippen LogP contribution in [-0.2, 0) is 11.3 Å². The van der Waals surface area contributed by atoms with Crippen molar-refractivity contribution in [2.24, 2.45) is 0 Å². The van der Waals surface area contributed by atoms with Gasteiger partial charge in [0.2, 0.25) is 0 Å². The predicted molar refractivity (Wildman–Crippen MR) is 62.9 cm³/mol. The van der Waals surface area contributed by atoms with E-state index in [0.29, 0.717) is 12.1 Å². The zero-order chi connectivity index (χ0) is 12.3. The molecule has 0 amide bonds. The third-order valence-corrected chi connectivity index (χ3v) is 2.65. The molecule has 1 heterocycles. The molecule has 2 aromatic rings. The van der Waals surface area contributed by atoms with Crippen LogP contribution < -0.4 is 0 Å². The maximum Gasteiger partial charge on any atom is 0.312 e. The van der Waals surface area contributed by atoms with Crippen LogP contribution in [-0.4, -0.2) is 20.7 Å². The zero-order valence-electron chi connectivity index (χ0n) is 9.15. The van der Waals surface area contributed by atoms with Crippen LogP contribution in [0.2, 0.25) is 0 Å². The van der Waals surface area contributed by atoms with Crippen molar-refractivity contribution in [1.29, 1.82) is 0 Å². The molecule has 1 aromatic heterocycles. The lowest BCUT2D eigenvalue weighted by molar-refractivity contribution is -0.139. The van der Waals surface area contributed by atoms with Crippen LogP contribution in [0.25, 0.3) is 0 Å². The van der Waals surface area contributed by atoms with Crippen LogP contribution >= 0.6 is 0 Å². The third kappa shape index (κ3) is 2.66. The van der Waals surface area contributed by atoms with E-state index in [9.17, 15) is 15.0 Å². The number of rotatable bonds is 4. The monoisotopic (exact) mass is 231 g/mol. The van der Waals surface area contributed by atoms with Crippen LogP contribution in [0.3, 0.4) is 0 Å². The molecule has 0 bridgehead atoms. The minimum atomic E-state index is -0.871. The summed E-state index contributed by atoms with van der Waals surface area (Å²) in [6, 6.07) is 9.99. The Morgan fingerprint density at radius 2 is 1.76 bits per heavy atom. The van der Waals surface area contributed by atoms with E-state index >= 15 is 0 Å². The Bertz CT molecular complexity index is 488. The summed E-state index contributed by atoms with van der Waals surface area (Å²) in [6.45, 7) is 0.382. The van der Waals surface area contributed by atoms with E-state index in [2.05, 4.69) is 0 Å². The Labute approximate surface area is 98.8 Å². The molecule has 4 nitrogen and oxygen atoms in total. The molecule has 1 unspecified atom stereocenters. The number of phenolic OH excluding ortho intramolecular Hbond substituents is 1. The first-order valence-corrected chi connectivity index (χ1v) is 5.29. The van der Waals surface area contributed by atoms with Gasteiger partial charge in [-0.1, -0.05) is 12.1 Å². The number of nitrogens with zero attached hydrogens (tertiary/aromatic N) is 1. The summed E-state index contributed by atoms with van der Waals surface area (Å²) in [6.07, 6.45) is 3.66. The molecule has 0 aliphatic carbocycles. The largest absolute Gasteiger partial charge is 0.508 e. The van der Waals surface area contributed by atoms with Crippen LogP contribution in [0.15, 0.2) is 48.8 Å². The van der Waals surface area contributed by atoms with E-state index in [1.165, 1.54) is 12.1 Å². The van der Waals surface area contributed by atoms with Crippen molar-refractivity contribution in [3.63, 3.8) is 0 Å². The number of carboxylic acid groups (broad SMARTS) is 1. The molecule has 1 atom stereocenters. The van der Waals surface area contributed by atoms with Crippen molar-refractivity contribution in [2.45, 2.75) is 12.5 Å². The van der Waals surface area contributed by atoms with Gasteiger partial charge in [-0.25, -0.2) is 0 Å². The van der Waals surface area contributed by atoms with Gasteiger partial charge in [0.1, 0.15) is 5.75 Å². The first kappa shape index (κ1) is 11.3. The third-order valence-electron chi connectivity index (χ3n) is 2.65. The van der Waals surface area contributed by atoms with Crippen LogP contribution in [0.5, 0.6) is 5.75 Å². The van der Waals surface area contributed by atoms with Gasteiger partial charge in [-0.3, -0.25) is 4.79 Å². The molecule has 0 fully saturated rings. The number of carbonyl (C=O) groups is 1. The van der Waals surface area contributed by atoms with Crippen molar-refractivity contribution in [3.8, 4) is 5.75 Å². The van der Waals surface area contributed by atoms with Crippen molar-refractivity contribution in [2.75, 3.05) is 0 Å². The number of aromatic hydroxyl groups is 1. The number of phenols is 1. The molecule has 0 radical (unpaired) electrons. The lowest BCUT2D eigenvalue weighted by atomic mass is 9.99. The van der Waals surface area contributed by atoms with Crippen LogP contribution in [0.1, 0.15) is 11.5 Å². The molecular formula is C13H13NO3. The van der Waals surface area contributed by atoms with Gasteiger partial charge in [0.05, 0.1) is 5.92 Å².